The van der Waals surface area contributed by atoms with Crippen molar-refractivity contribution >= 4 is 5.97 Å². The Bertz CT molecular complexity index is 300. The summed E-state index contributed by atoms with van der Waals surface area (Å²) < 4.78 is 5.05. The van der Waals surface area contributed by atoms with Gasteiger partial charge in [-0.15, -0.1) is 0 Å². The molecular weight excluding hydrogens is 168 g/mol. The minimum Gasteiger partial charge on any atom is -0.482 e. The Morgan fingerprint density at radius 2 is 2.00 bits per heavy atom. The van der Waals surface area contributed by atoms with Crippen LogP contribution in [0.15, 0.2) is 36.9 Å². The first kappa shape index (κ1) is 9.32. The van der Waals surface area contributed by atoms with Crippen molar-refractivity contribution in [2.24, 2.45) is 0 Å². The standard InChI is InChI=1S/C10H9O3/c1-2-7-13-9-5-3-8(4-6-9)10(11)12/h2-7H,1H2,(H,11,12). The number of rotatable bonds is 4. The highest BCUT2D eigenvalue weighted by molar-refractivity contribution is 5.87. The molecule has 3 heteroatoms. The average molecular weight is 177 g/mol. The van der Waals surface area contributed by atoms with Gasteiger partial charge in [-0.3, -0.25) is 0 Å². The first-order valence-corrected chi connectivity index (χ1v) is 3.68. The topological polar surface area (TPSA) is 46.5 Å². The van der Waals surface area contributed by atoms with Crippen molar-refractivity contribution in [3.05, 3.63) is 49.1 Å². The van der Waals surface area contributed by atoms with E-state index >= 15 is 0 Å². The van der Waals surface area contributed by atoms with Crippen LogP contribution in [0.3, 0.4) is 0 Å². The molecule has 1 radical (unpaired) electrons. The smallest absolute Gasteiger partial charge is 0.335 e. The summed E-state index contributed by atoms with van der Waals surface area (Å²) in [6, 6.07) is 6.14. The Morgan fingerprint density at radius 3 is 2.46 bits per heavy atom. The van der Waals surface area contributed by atoms with Crippen LogP contribution in [0.25, 0.3) is 0 Å². The van der Waals surface area contributed by atoms with E-state index in [-0.39, 0.29) is 5.56 Å². The molecule has 1 aromatic carbocycles. The summed E-state index contributed by atoms with van der Waals surface area (Å²) in [5.41, 5.74) is 0.242. The highest BCUT2D eigenvalue weighted by Gasteiger charge is 2.01. The summed E-state index contributed by atoms with van der Waals surface area (Å²) in [6.07, 6.45) is 1.51. The molecule has 3 nitrogen and oxygen atoms in total. The fraction of sp³-hybridized carbons (Fsp3) is 0. The molecule has 13 heavy (non-hydrogen) atoms. The molecule has 0 heterocycles. The Hall–Kier alpha value is -1.77. The molecule has 1 aromatic rings. The summed E-state index contributed by atoms with van der Waals surface area (Å²) in [5.74, 6) is -0.357. The van der Waals surface area contributed by atoms with Crippen molar-refractivity contribution in [2.75, 3.05) is 0 Å². The number of ether oxygens (including phenoxy) is 1. The predicted octanol–water partition coefficient (Wildman–Crippen LogP) is 2.11. The lowest BCUT2D eigenvalue weighted by Gasteiger charge is -2.01. The van der Waals surface area contributed by atoms with Crippen LogP contribution in [0.4, 0.5) is 0 Å². The summed E-state index contributed by atoms with van der Waals surface area (Å²) in [7, 11) is 0. The molecule has 0 aliphatic rings. The van der Waals surface area contributed by atoms with Gasteiger partial charge in [-0.05, 0) is 30.3 Å². The monoisotopic (exact) mass is 177 g/mol. The third-order valence-electron chi connectivity index (χ3n) is 1.40. The van der Waals surface area contributed by atoms with Crippen LogP contribution in [-0.2, 0) is 0 Å². The maximum Gasteiger partial charge on any atom is 0.335 e. The van der Waals surface area contributed by atoms with Crippen LogP contribution in [0.2, 0.25) is 0 Å². The van der Waals surface area contributed by atoms with Gasteiger partial charge in [0.2, 0.25) is 0 Å². The summed E-state index contributed by atoms with van der Waals surface area (Å²) in [6.45, 7) is 4.87. The first-order chi connectivity index (χ1) is 6.24. The van der Waals surface area contributed by atoms with Crippen LogP contribution >= 0.6 is 0 Å². The van der Waals surface area contributed by atoms with E-state index in [2.05, 4.69) is 6.58 Å². The minimum absolute atomic E-state index is 0.242. The first-order valence-electron chi connectivity index (χ1n) is 3.68. The molecule has 0 saturated carbocycles. The van der Waals surface area contributed by atoms with Gasteiger partial charge < -0.3 is 9.84 Å². The lowest BCUT2D eigenvalue weighted by molar-refractivity contribution is 0.0697. The zero-order valence-corrected chi connectivity index (χ0v) is 6.93. The molecule has 0 saturated heterocycles. The van der Waals surface area contributed by atoms with Crippen LogP contribution in [0.5, 0.6) is 5.75 Å². The molecule has 0 fully saturated rings. The Labute approximate surface area is 76.3 Å². The maximum absolute atomic E-state index is 10.5. The van der Waals surface area contributed by atoms with E-state index in [1.165, 1.54) is 24.8 Å². The van der Waals surface area contributed by atoms with Gasteiger partial charge in [-0.1, -0.05) is 6.58 Å². The zero-order valence-electron chi connectivity index (χ0n) is 6.93. The fourth-order valence-electron chi connectivity index (χ4n) is 0.803. The number of carboxylic acid groups (broad SMARTS) is 1. The van der Waals surface area contributed by atoms with Gasteiger partial charge in [0, 0.05) is 0 Å². The molecule has 0 aliphatic carbocycles. The third kappa shape index (κ3) is 2.63. The van der Waals surface area contributed by atoms with E-state index in [0.29, 0.717) is 5.75 Å². The van der Waals surface area contributed by atoms with E-state index in [0.717, 1.165) is 0 Å². The molecule has 0 atom stereocenters. The second kappa shape index (κ2) is 4.30. The highest BCUT2D eigenvalue weighted by atomic mass is 16.5. The summed E-state index contributed by atoms with van der Waals surface area (Å²) in [4.78, 5) is 10.5. The van der Waals surface area contributed by atoms with Crippen LogP contribution in [-0.4, -0.2) is 11.1 Å². The predicted molar refractivity (Wildman–Crippen MR) is 48.5 cm³/mol. The lowest BCUT2D eigenvalue weighted by Crippen LogP contribution is -1.95. The number of hydrogen-bond donors (Lipinski definition) is 1. The van der Waals surface area contributed by atoms with Gasteiger partial charge in [-0.2, -0.15) is 0 Å². The number of carbonyl (C=O) groups is 1. The zero-order chi connectivity index (χ0) is 9.68. The van der Waals surface area contributed by atoms with Crippen molar-refractivity contribution in [1.29, 1.82) is 0 Å². The number of hydrogen-bond acceptors (Lipinski definition) is 2. The van der Waals surface area contributed by atoms with Crippen molar-refractivity contribution in [1.82, 2.24) is 0 Å². The molecule has 0 aromatic heterocycles. The lowest BCUT2D eigenvalue weighted by atomic mass is 10.2. The summed E-state index contributed by atoms with van der Waals surface area (Å²) in [5, 5.41) is 8.59. The van der Waals surface area contributed by atoms with Crippen molar-refractivity contribution in [3.8, 4) is 5.75 Å². The van der Waals surface area contributed by atoms with Crippen LogP contribution < -0.4 is 4.74 Å². The van der Waals surface area contributed by atoms with Gasteiger partial charge in [0.05, 0.1) is 5.56 Å². The van der Waals surface area contributed by atoms with Crippen molar-refractivity contribution < 1.29 is 14.6 Å². The van der Waals surface area contributed by atoms with Gasteiger partial charge >= 0.3 is 5.97 Å². The maximum atomic E-state index is 10.5. The van der Waals surface area contributed by atoms with Gasteiger partial charge in [0.25, 0.3) is 0 Å². The quantitative estimate of drug-likeness (QED) is 0.766. The highest BCUT2D eigenvalue weighted by Crippen LogP contribution is 2.12. The average Bonchev–Trinajstić information content (AvgIpc) is 2.15. The molecule has 0 bridgehead atoms. The molecule has 0 spiro atoms. The van der Waals surface area contributed by atoms with E-state index < -0.39 is 5.97 Å². The van der Waals surface area contributed by atoms with Crippen molar-refractivity contribution in [2.45, 2.75) is 0 Å². The van der Waals surface area contributed by atoms with E-state index in [1.807, 2.05) is 0 Å². The number of carboxylic acids is 1. The van der Waals surface area contributed by atoms with Crippen LogP contribution in [0, 0.1) is 6.61 Å². The van der Waals surface area contributed by atoms with E-state index in [4.69, 9.17) is 9.84 Å². The Morgan fingerprint density at radius 1 is 1.38 bits per heavy atom. The second-order valence-corrected chi connectivity index (χ2v) is 2.32. The Balaban J connectivity index is 2.69. The van der Waals surface area contributed by atoms with Crippen molar-refractivity contribution in [3.63, 3.8) is 0 Å². The normalized spacial score (nSPS) is 9.23. The van der Waals surface area contributed by atoms with Gasteiger partial charge in [0.15, 0.2) is 6.61 Å². The van der Waals surface area contributed by atoms with E-state index in [9.17, 15) is 4.79 Å². The summed E-state index contributed by atoms with van der Waals surface area (Å²) >= 11 is 0. The minimum atomic E-state index is -0.945. The van der Waals surface area contributed by atoms with Crippen LogP contribution in [0.1, 0.15) is 10.4 Å². The van der Waals surface area contributed by atoms with Gasteiger partial charge in [0.1, 0.15) is 5.75 Å². The molecular formula is C10H9O3. The fourth-order valence-corrected chi connectivity index (χ4v) is 0.803. The molecule has 0 unspecified atom stereocenters. The van der Waals surface area contributed by atoms with Gasteiger partial charge in [-0.25, -0.2) is 4.79 Å². The third-order valence-corrected chi connectivity index (χ3v) is 1.40. The van der Waals surface area contributed by atoms with E-state index in [1.54, 1.807) is 12.1 Å². The molecule has 0 aliphatic heterocycles. The molecule has 1 N–H and O–H groups in total. The molecule has 0 amide bonds. The second-order valence-electron chi connectivity index (χ2n) is 2.32. The molecule has 1 rings (SSSR count). The SMILES string of the molecule is C=C[CH]Oc1ccc(C(=O)O)cc1. The number of aromatic carboxylic acids is 1. The molecule has 67 valence electrons. The number of benzene rings is 1. The Kier molecular flexibility index (Phi) is 3.09. The largest absolute Gasteiger partial charge is 0.482 e.